The molecule has 17 nitrogen and oxygen atoms in total. The van der Waals surface area contributed by atoms with Crippen molar-refractivity contribution in [1.82, 2.24) is 4.90 Å². The molecule has 2 saturated heterocycles. The smallest absolute Gasteiger partial charge is 0.329 e. The summed E-state index contributed by atoms with van der Waals surface area (Å²) in [5.41, 5.74) is -3.46. The van der Waals surface area contributed by atoms with Crippen molar-refractivity contribution in [2.45, 2.75) is 230 Å². The van der Waals surface area contributed by atoms with E-state index in [1.165, 1.54) is 31.3 Å². The molecule has 3 aliphatic heterocycles. The molecule has 84 heavy (non-hydrogen) atoms. The van der Waals surface area contributed by atoms with Crippen molar-refractivity contribution in [1.29, 1.82) is 0 Å². The van der Waals surface area contributed by atoms with Gasteiger partial charge in [-0.25, -0.2) is 9.18 Å². The Balaban J connectivity index is 0.000000299. The second kappa shape index (κ2) is 27.0. The first-order valence-electron chi connectivity index (χ1n) is 30.9. The van der Waals surface area contributed by atoms with Crippen LogP contribution < -0.4 is 0 Å². The van der Waals surface area contributed by atoms with Gasteiger partial charge in [0, 0.05) is 68.8 Å². The number of cyclic esters (lactones) is 1. The van der Waals surface area contributed by atoms with E-state index in [1.54, 1.807) is 47.8 Å². The molecule has 5 aliphatic carbocycles. The predicted molar refractivity (Wildman–Crippen MR) is 312 cm³/mol. The second-order valence-electron chi connectivity index (χ2n) is 26.9. The lowest BCUT2D eigenvalue weighted by Gasteiger charge is -2.62. The van der Waals surface area contributed by atoms with Gasteiger partial charge in [0.2, 0.25) is 5.79 Å². The molecular formula is C65H97ClFNO16. The molecule has 0 radical (unpaired) electrons. The first-order chi connectivity index (χ1) is 39.4. The average Bonchev–Trinajstić information content (AvgIpc) is 1.35. The van der Waals surface area contributed by atoms with Crippen molar-refractivity contribution in [3.05, 3.63) is 47.1 Å². The molecule has 8 aliphatic rings. The summed E-state index contributed by atoms with van der Waals surface area (Å²) < 4.78 is 46.7. The Bertz CT molecular complexity index is 2570. The van der Waals surface area contributed by atoms with Crippen LogP contribution in [0.25, 0.3) is 0 Å². The third-order valence-corrected chi connectivity index (χ3v) is 22.1. The van der Waals surface area contributed by atoms with E-state index in [0.29, 0.717) is 68.9 Å². The zero-order valence-electron chi connectivity index (χ0n) is 51.7. The van der Waals surface area contributed by atoms with E-state index in [4.69, 9.17) is 35.3 Å². The van der Waals surface area contributed by atoms with Crippen LogP contribution in [0.15, 0.2) is 47.1 Å². The highest BCUT2D eigenvalue weighted by Crippen LogP contribution is 2.70. The molecule has 2 bridgehead atoms. The molecule has 5 N–H and O–H groups in total. The number of nitrogens with zero attached hydrogens (tertiary/aromatic N) is 1. The Kier molecular flexibility index (Phi) is 21.9. The lowest BCUT2D eigenvalue weighted by atomic mass is 9.44. The van der Waals surface area contributed by atoms with Gasteiger partial charge in [-0.1, -0.05) is 70.9 Å². The largest absolute Gasteiger partial charge is 0.456 e. The quantitative estimate of drug-likeness (QED) is 0.0678. The van der Waals surface area contributed by atoms with Crippen LogP contribution in [0.1, 0.15) is 159 Å². The number of aliphatic hydroxyl groups is 5. The predicted octanol–water partition coefficient (Wildman–Crippen LogP) is 7.62. The number of fused-ring (bicyclic) bond motifs is 8. The zero-order chi connectivity index (χ0) is 62.2. The van der Waals surface area contributed by atoms with Gasteiger partial charge < -0.3 is 54.1 Å². The molecule has 8 rings (SSSR count). The van der Waals surface area contributed by atoms with Gasteiger partial charge in [0.05, 0.1) is 35.9 Å². The number of hydrogen-bond acceptors (Lipinski definition) is 16. The summed E-state index contributed by atoms with van der Waals surface area (Å²) in [6, 6.07) is -1.12. The van der Waals surface area contributed by atoms with Gasteiger partial charge in [-0.05, 0) is 152 Å². The fourth-order valence-electron chi connectivity index (χ4n) is 16.6. The van der Waals surface area contributed by atoms with Crippen molar-refractivity contribution in [2.24, 2.45) is 58.2 Å². The fraction of sp³-hybridized carbons (Fsp3) is 0.785. The Morgan fingerprint density at radius 2 is 1.55 bits per heavy atom. The molecular weight excluding hydrogens is 1110 g/mol. The molecule has 6 fully saturated rings. The van der Waals surface area contributed by atoms with Gasteiger partial charge in [-0.2, -0.15) is 0 Å². The molecule has 0 aromatic rings. The van der Waals surface area contributed by atoms with Crippen LogP contribution in [-0.4, -0.2) is 171 Å². The molecule has 19 heteroatoms. The molecule has 22 atom stereocenters. The highest BCUT2D eigenvalue weighted by molar-refractivity contribution is 6.39. The third kappa shape index (κ3) is 12.6. The van der Waals surface area contributed by atoms with E-state index in [9.17, 15) is 54.3 Å². The Labute approximate surface area is 501 Å². The number of hydrogen-bond donors (Lipinski definition) is 5. The number of carbonyl (C=O) groups is 6. The normalized spacial score (nSPS) is 45.2. The summed E-state index contributed by atoms with van der Waals surface area (Å²) in [6.45, 7) is 15.8. The van der Waals surface area contributed by atoms with Gasteiger partial charge in [0.25, 0.3) is 11.7 Å². The molecule has 0 spiro atoms. The minimum absolute atomic E-state index is 0.0425. The lowest BCUT2D eigenvalue weighted by molar-refractivity contribution is -0.302. The minimum atomic E-state index is -2.49. The van der Waals surface area contributed by atoms with Crippen molar-refractivity contribution in [3.63, 3.8) is 0 Å². The third-order valence-electron chi connectivity index (χ3n) is 21.6. The Morgan fingerprint density at radius 1 is 0.881 bits per heavy atom. The number of methoxy groups -OCH3 is 3. The number of esters is 1. The van der Waals surface area contributed by atoms with E-state index in [0.717, 1.165) is 18.4 Å². The van der Waals surface area contributed by atoms with Gasteiger partial charge in [0.1, 0.15) is 36.2 Å². The number of ketones is 4. The van der Waals surface area contributed by atoms with Crippen LogP contribution in [0, 0.1) is 58.2 Å². The van der Waals surface area contributed by atoms with Crippen molar-refractivity contribution in [2.75, 3.05) is 34.5 Å². The molecule has 1 amide bonds. The minimum Gasteiger partial charge on any atom is -0.456 e. The summed E-state index contributed by atoms with van der Waals surface area (Å²) in [5.74, 6) is -9.43. The molecule has 3 heterocycles. The van der Waals surface area contributed by atoms with Crippen LogP contribution in [0.5, 0.6) is 0 Å². The molecule has 0 aromatic carbocycles. The number of alkyl halides is 2. The second-order valence-corrected chi connectivity index (χ2v) is 27.4. The monoisotopic (exact) mass is 1200 g/mol. The Hall–Kier alpha value is -3.56. The fourth-order valence-corrected chi connectivity index (χ4v) is 17.0. The van der Waals surface area contributed by atoms with E-state index < -0.39 is 130 Å². The van der Waals surface area contributed by atoms with Crippen molar-refractivity contribution < 1.29 is 82.4 Å². The topological polar surface area (TPSA) is 253 Å². The highest BCUT2D eigenvalue weighted by atomic mass is 35.5. The van der Waals surface area contributed by atoms with Crippen LogP contribution in [0.2, 0.25) is 0 Å². The summed E-state index contributed by atoms with van der Waals surface area (Å²) in [6.07, 6.45) is 9.60. The number of carbonyl (C=O) groups excluding carboxylic acids is 6. The number of amides is 1. The maximum absolute atomic E-state index is 16.9. The summed E-state index contributed by atoms with van der Waals surface area (Å²) in [5, 5.41) is 55.5. The van der Waals surface area contributed by atoms with Gasteiger partial charge in [-0.15, -0.1) is 11.6 Å². The standard InChI is InChI=1S/C43H68ClNO11.C22H29FO5/c1-10-30-18-24(2)17-25(3)19-36(53-8)39-37(54-9)21-27(5)43(51,56-39)40(48)41(49)45-16-12-11-13-32(45)42(50)55-38(28(6)33(46)23-34(30)47)26(4)20-29-14-15-31(44)35(22-29)52-7;1-12-8-16-15-5-4-13-9-14(25)6-7-19(13,2)21(15,23)17(26)10-20(16,3)22(12,28)18(27)11-24/h18,20,25,27-33,35-39,46,51H,10-17,19,21-23H2,1-9H3;6-7,9,12,15-17,24,26,28H,4-5,8,10-11H2,1-3H3/b24-18+,26-20+;/t25-,27+,28+,29-,30+,31-,32-,33-,35+,36-,37-,38+,39+,43+;12-,15-,16-,17-,19-,20-,21-,22-/m00/s1. The summed E-state index contributed by atoms with van der Waals surface area (Å²) in [4.78, 5) is 82.1. The SMILES string of the molecule is CC[C@@H]1/C=C(\C)C[C@H](C)C[C@H](OC)[C@H]2O[C@@](O)(C(=O)C(=O)N3CCCC[C@H]3C(=O)O[C@H](/C(C)=C/[C@@H]3CC[C@H](Cl)[C@H](OC)C3)[C@H](C)[C@@H](O)CC1=O)[C@H](C)C[C@@H]2OC.C[C@H]1C[C@H]2[C@@H]3CCC4=CC(=O)C=C[C@]4(C)[C@@]3(F)[C@@H](O)C[C@]2(C)[C@@]1(O)C(=O)CO. The van der Waals surface area contributed by atoms with Gasteiger partial charge in [0.15, 0.2) is 17.2 Å². The number of rotatable bonds is 8. The first-order valence-corrected chi connectivity index (χ1v) is 31.3. The number of allylic oxidation sites excluding steroid dienone is 7. The Morgan fingerprint density at radius 3 is 2.19 bits per heavy atom. The highest BCUT2D eigenvalue weighted by Gasteiger charge is 2.75. The number of ether oxygens (including phenoxy) is 5. The summed E-state index contributed by atoms with van der Waals surface area (Å²) >= 11 is 6.52. The number of Topliss-reactive ketones (excluding diaryl/α,β-unsaturated/α-hetero) is 3. The number of halogens is 2. The first kappa shape index (κ1) is 67.9. The molecule has 0 unspecified atom stereocenters. The van der Waals surface area contributed by atoms with E-state index in [1.807, 2.05) is 32.9 Å². The van der Waals surface area contributed by atoms with E-state index in [2.05, 4.69) is 6.92 Å². The van der Waals surface area contributed by atoms with Crippen LogP contribution in [-0.2, 0) is 52.5 Å². The average molecular weight is 1200 g/mol. The van der Waals surface area contributed by atoms with Gasteiger partial charge >= 0.3 is 5.97 Å². The zero-order valence-corrected chi connectivity index (χ0v) is 52.4. The van der Waals surface area contributed by atoms with Crippen molar-refractivity contribution >= 4 is 46.6 Å². The maximum Gasteiger partial charge on any atom is 0.329 e. The lowest BCUT2D eigenvalue weighted by Crippen LogP contribution is -2.69. The van der Waals surface area contributed by atoms with Gasteiger partial charge in [-0.3, -0.25) is 24.0 Å². The van der Waals surface area contributed by atoms with Crippen LogP contribution in [0.4, 0.5) is 4.39 Å². The van der Waals surface area contributed by atoms with E-state index >= 15 is 4.39 Å². The molecule has 4 saturated carbocycles. The van der Waals surface area contributed by atoms with Crippen LogP contribution in [0.3, 0.4) is 0 Å². The maximum atomic E-state index is 16.9. The summed E-state index contributed by atoms with van der Waals surface area (Å²) in [7, 11) is 4.71. The van der Waals surface area contributed by atoms with Crippen molar-refractivity contribution in [3.8, 4) is 0 Å². The molecule has 472 valence electrons. The molecule has 0 aromatic heterocycles. The number of piperidine rings is 1. The van der Waals surface area contributed by atoms with E-state index in [-0.39, 0.29) is 73.0 Å². The number of aliphatic hydroxyl groups excluding tert-OH is 3. The van der Waals surface area contributed by atoms with Crippen LogP contribution >= 0.6 is 11.6 Å².